The van der Waals surface area contributed by atoms with E-state index in [9.17, 15) is 8.42 Å². The molecule has 2 N–H and O–H groups in total. The van der Waals surface area contributed by atoms with Crippen LogP contribution in [0.1, 0.15) is 43.4 Å². The molecule has 0 unspecified atom stereocenters. The second-order valence-corrected chi connectivity index (χ2v) is 11.6. The minimum Gasteiger partial charge on any atom is -0.491 e. The molecule has 2 aliphatic rings. The van der Waals surface area contributed by atoms with Gasteiger partial charge in [-0.25, -0.2) is 8.42 Å². The van der Waals surface area contributed by atoms with Crippen LogP contribution in [0.5, 0.6) is 5.75 Å². The van der Waals surface area contributed by atoms with Gasteiger partial charge in [0.2, 0.25) is 0 Å². The Labute approximate surface area is 216 Å². The lowest BCUT2D eigenvalue weighted by molar-refractivity contribution is 0.242. The second-order valence-electron chi connectivity index (χ2n) is 9.17. The summed E-state index contributed by atoms with van der Waals surface area (Å²) in [7, 11) is -3.85. The van der Waals surface area contributed by atoms with E-state index < -0.39 is 10.0 Å². The zero-order valence-corrected chi connectivity index (χ0v) is 21.7. The van der Waals surface area contributed by atoms with Crippen LogP contribution in [0.4, 0.5) is 11.4 Å². The number of fused-ring (bicyclic) bond motifs is 3. The van der Waals surface area contributed by atoms with Crippen molar-refractivity contribution in [1.82, 2.24) is 0 Å². The number of anilines is 2. The van der Waals surface area contributed by atoms with E-state index in [1.54, 1.807) is 30.3 Å². The lowest BCUT2D eigenvalue weighted by Crippen LogP contribution is -2.29. The maximum absolute atomic E-state index is 13.2. The molecule has 0 spiro atoms. The molecule has 5 rings (SSSR count). The van der Waals surface area contributed by atoms with Crippen LogP contribution in [0.25, 0.3) is 0 Å². The minimum absolute atomic E-state index is 0.112. The molecule has 0 amide bonds. The summed E-state index contributed by atoms with van der Waals surface area (Å²) < 4.78 is 34.7. The summed E-state index contributed by atoms with van der Waals surface area (Å²) in [6, 6.07) is 18.4. The van der Waals surface area contributed by atoms with Crippen molar-refractivity contribution in [2.45, 2.75) is 43.2 Å². The Kier molecular flexibility index (Phi) is 6.47. The lowest BCUT2D eigenvalue weighted by Gasteiger charge is -2.37. The van der Waals surface area contributed by atoms with Crippen molar-refractivity contribution in [3.8, 4) is 5.75 Å². The van der Waals surface area contributed by atoms with Crippen molar-refractivity contribution in [3.63, 3.8) is 0 Å². The van der Waals surface area contributed by atoms with E-state index in [0.717, 1.165) is 23.4 Å². The number of allylic oxidation sites excluding steroid dienone is 2. The van der Waals surface area contributed by atoms with Crippen LogP contribution in [0.3, 0.4) is 0 Å². The predicted molar refractivity (Wildman–Crippen MR) is 142 cm³/mol. The van der Waals surface area contributed by atoms with Crippen LogP contribution in [-0.4, -0.2) is 14.5 Å². The summed E-state index contributed by atoms with van der Waals surface area (Å²) in [5.74, 6) is 1.25. The number of hydrogen-bond acceptors (Lipinski definition) is 4. The Morgan fingerprint density at radius 2 is 1.83 bits per heavy atom. The molecule has 0 fully saturated rings. The van der Waals surface area contributed by atoms with Crippen molar-refractivity contribution in [3.05, 3.63) is 94.0 Å². The van der Waals surface area contributed by atoms with Crippen LogP contribution >= 0.6 is 23.2 Å². The van der Waals surface area contributed by atoms with Gasteiger partial charge in [0.15, 0.2) is 0 Å². The van der Waals surface area contributed by atoms with Gasteiger partial charge in [0, 0.05) is 11.6 Å². The second kappa shape index (κ2) is 9.41. The van der Waals surface area contributed by atoms with Gasteiger partial charge in [-0.2, -0.15) is 0 Å². The largest absolute Gasteiger partial charge is 0.491 e. The predicted octanol–water partition coefficient (Wildman–Crippen LogP) is 7.41. The molecule has 1 heterocycles. The molecule has 0 saturated carbocycles. The van der Waals surface area contributed by atoms with E-state index in [4.69, 9.17) is 27.9 Å². The third-order valence-corrected chi connectivity index (χ3v) is 8.63. The summed E-state index contributed by atoms with van der Waals surface area (Å²) >= 11 is 12.2. The summed E-state index contributed by atoms with van der Waals surface area (Å²) in [5, 5.41) is 4.11. The van der Waals surface area contributed by atoms with Gasteiger partial charge in [-0.1, -0.05) is 53.6 Å². The highest BCUT2D eigenvalue weighted by Crippen LogP contribution is 2.50. The first-order valence-corrected chi connectivity index (χ1v) is 13.8. The van der Waals surface area contributed by atoms with E-state index in [2.05, 4.69) is 34.3 Å². The number of sulfonamides is 1. The Morgan fingerprint density at radius 1 is 1.06 bits per heavy atom. The molecule has 182 valence electrons. The smallest absolute Gasteiger partial charge is 0.261 e. The molecule has 0 saturated heterocycles. The molecule has 1 aliphatic carbocycles. The highest BCUT2D eigenvalue weighted by molar-refractivity contribution is 7.92. The SMILES string of the molecule is CC(C)Oc1ccc([C@H]2Nc3ccc(S(=O)(=O)Nc4cccc(Cl)c4Cl)cc3[C@H]3C=CC[C@H]32)cc1. The van der Waals surface area contributed by atoms with Crippen LogP contribution in [-0.2, 0) is 10.0 Å². The van der Waals surface area contributed by atoms with Gasteiger partial charge in [-0.05, 0) is 79.8 Å². The van der Waals surface area contributed by atoms with Crippen LogP contribution in [0, 0.1) is 5.92 Å². The minimum atomic E-state index is -3.85. The molecule has 1 aliphatic heterocycles. The third kappa shape index (κ3) is 4.75. The van der Waals surface area contributed by atoms with E-state index in [1.807, 2.05) is 32.0 Å². The maximum atomic E-state index is 13.2. The summed E-state index contributed by atoms with van der Waals surface area (Å²) in [6.45, 7) is 4.02. The fourth-order valence-electron chi connectivity index (χ4n) is 4.88. The number of hydrogen-bond donors (Lipinski definition) is 2. The lowest BCUT2D eigenvalue weighted by atomic mass is 9.77. The average molecular weight is 529 g/mol. The molecule has 3 aromatic carbocycles. The first-order valence-electron chi connectivity index (χ1n) is 11.5. The zero-order valence-electron chi connectivity index (χ0n) is 19.3. The van der Waals surface area contributed by atoms with Gasteiger partial charge in [0.1, 0.15) is 5.75 Å². The summed E-state index contributed by atoms with van der Waals surface area (Å²) in [6.07, 6.45) is 5.41. The van der Waals surface area contributed by atoms with Crippen molar-refractivity contribution in [1.29, 1.82) is 0 Å². The van der Waals surface area contributed by atoms with Crippen molar-refractivity contribution in [2.75, 3.05) is 10.0 Å². The van der Waals surface area contributed by atoms with Gasteiger partial charge in [-0.15, -0.1) is 0 Å². The highest BCUT2D eigenvalue weighted by atomic mass is 35.5. The Morgan fingerprint density at radius 3 is 2.57 bits per heavy atom. The Balaban J connectivity index is 1.44. The quantitative estimate of drug-likeness (QED) is 0.327. The fraction of sp³-hybridized carbons (Fsp3) is 0.259. The highest BCUT2D eigenvalue weighted by Gasteiger charge is 2.38. The normalized spacial score (nSPS) is 20.8. The first kappa shape index (κ1) is 24.0. The zero-order chi connectivity index (χ0) is 24.7. The van der Waals surface area contributed by atoms with Crippen molar-refractivity contribution < 1.29 is 13.2 Å². The Hall–Kier alpha value is -2.67. The van der Waals surface area contributed by atoms with E-state index in [1.165, 1.54) is 5.56 Å². The number of rotatable bonds is 6. The number of benzene rings is 3. The molecule has 0 aromatic heterocycles. The molecule has 8 heteroatoms. The topological polar surface area (TPSA) is 67.4 Å². The van der Waals surface area contributed by atoms with Crippen LogP contribution in [0.15, 0.2) is 77.7 Å². The van der Waals surface area contributed by atoms with Gasteiger partial charge >= 0.3 is 0 Å². The molecule has 0 radical (unpaired) electrons. The molecule has 3 atom stereocenters. The van der Waals surface area contributed by atoms with Crippen molar-refractivity contribution in [2.24, 2.45) is 5.92 Å². The van der Waals surface area contributed by atoms with Crippen LogP contribution in [0.2, 0.25) is 10.0 Å². The average Bonchev–Trinajstić information content (AvgIpc) is 3.32. The van der Waals surface area contributed by atoms with E-state index in [0.29, 0.717) is 0 Å². The van der Waals surface area contributed by atoms with Gasteiger partial charge in [0.25, 0.3) is 10.0 Å². The number of nitrogens with one attached hydrogen (secondary N) is 2. The molecule has 0 bridgehead atoms. The molecule has 35 heavy (non-hydrogen) atoms. The van der Waals surface area contributed by atoms with Crippen molar-refractivity contribution >= 4 is 44.6 Å². The monoisotopic (exact) mass is 528 g/mol. The van der Waals surface area contributed by atoms with Crippen LogP contribution < -0.4 is 14.8 Å². The first-order chi connectivity index (χ1) is 16.7. The Bertz CT molecular complexity index is 1390. The van der Waals surface area contributed by atoms with E-state index >= 15 is 0 Å². The maximum Gasteiger partial charge on any atom is 0.261 e. The van der Waals surface area contributed by atoms with Gasteiger partial charge < -0.3 is 10.1 Å². The third-order valence-electron chi connectivity index (χ3n) is 6.45. The van der Waals surface area contributed by atoms with Gasteiger partial charge in [0.05, 0.1) is 32.8 Å². The molecular formula is C27H26Cl2N2O3S. The summed E-state index contributed by atoms with van der Waals surface area (Å²) in [5.41, 5.74) is 3.34. The fourth-order valence-corrected chi connectivity index (χ4v) is 6.39. The number of ether oxygens (including phenoxy) is 1. The summed E-state index contributed by atoms with van der Waals surface area (Å²) in [4.78, 5) is 0.182. The molecule has 5 nitrogen and oxygen atoms in total. The standard InChI is InChI=1S/C27H26Cl2N2O3S/c1-16(2)34-18-11-9-17(10-12-18)27-21-6-3-5-20(21)22-15-19(13-14-24(22)30-27)35(32,33)31-25-8-4-7-23(28)26(25)29/h3-5,7-16,20-21,27,30-31H,6H2,1-2H3/t20-,21+,27+/m0/s1. The number of halogens is 2. The molecule has 3 aromatic rings. The molecular weight excluding hydrogens is 503 g/mol. The van der Waals surface area contributed by atoms with Gasteiger partial charge in [-0.3, -0.25) is 4.72 Å². The van der Waals surface area contributed by atoms with E-state index in [-0.39, 0.29) is 44.6 Å².